The number of carbonyl (C=O) groups is 3. The van der Waals surface area contributed by atoms with Crippen molar-refractivity contribution in [1.82, 2.24) is 15.5 Å². The maximum Gasteiger partial charge on any atom is 0.318 e. The van der Waals surface area contributed by atoms with Gasteiger partial charge >= 0.3 is 12.0 Å². The third kappa shape index (κ3) is 3.65. The van der Waals surface area contributed by atoms with Crippen LogP contribution in [0.25, 0.3) is 0 Å². The molecule has 7 heteroatoms. The molecule has 1 aliphatic heterocycles. The number of carboxylic acid groups (broad SMARTS) is 1. The smallest absolute Gasteiger partial charge is 0.318 e. The number of amides is 3. The summed E-state index contributed by atoms with van der Waals surface area (Å²) in [5, 5.41) is 14.7. The summed E-state index contributed by atoms with van der Waals surface area (Å²) in [6.45, 7) is 2.56. The van der Waals surface area contributed by atoms with E-state index >= 15 is 0 Å². The number of piperazine rings is 1. The predicted molar refractivity (Wildman–Crippen MR) is 75.8 cm³/mol. The molecule has 2 fully saturated rings. The summed E-state index contributed by atoms with van der Waals surface area (Å²) < 4.78 is 0. The van der Waals surface area contributed by atoms with Crippen molar-refractivity contribution in [1.29, 1.82) is 0 Å². The fourth-order valence-electron chi connectivity index (χ4n) is 3.22. The van der Waals surface area contributed by atoms with E-state index in [0.717, 1.165) is 19.3 Å². The summed E-state index contributed by atoms with van der Waals surface area (Å²) in [6.07, 6.45) is 4.21. The molecule has 0 aromatic heterocycles. The van der Waals surface area contributed by atoms with E-state index in [-0.39, 0.29) is 18.4 Å². The van der Waals surface area contributed by atoms with Gasteiger partial charge in [0.2, 0.25) is 5.91 Å². The van der Waals surface area contributed by atoms with Crippen LogP contribution in [0.1, 0.15) is 45.4 Å². The van der Waals surface area contributed by atoms with Crippen LogP contribution in [0.4, 0.5) is 4.79 Å². The van der Waals surface area contributed by atoms with Crippen molar-refractivity contribution in [2.45, 2.75) is 57.0 Å². The van der Waals surface area contributed by atoms with E-state index in [4.69, 9.17) is 5.11 Å². The normalized spacial score (nSPS) is 25.1. The monoisotopic (exact) mass is 297 g/mol. The largest absolute Gasteiger partial charge is 0.481 e. The van der Waals surface area contributed by atoms with Crippen LogP contribution in [-0.2, 0) is 9.59 Å². The van der Waals surface area contributed by atoms with Gasteiger partial charge in [0.25, 0.3) is 0 Å². The molecule has 0 radical (unpaired) electrons. The highest BCUT2D eigenvalue weighted by atomic mass is 16.4. The Labute approximate surface area is 124 Å². The van der Waals surface area contributed by atoms with Crippen molar-refractivity contribution in [3.05, 3.63) is 0 Å². The molecule has 0 bridgehead atoms. The molecule has 7 nitrogen and oxygen atoms in total. The minimum Gasteiger partial charge on any atom is -0.481 e. The Morgan fingerprint density at radius 2 is 2.05 bits per heavy atom. The van der Waals surface area contributed by atoms with Gasteiger partial charge in [0.05, 0.1) is 12.0 Å². The van der Waals surface area contributed by atoms with Crippen LogP contribution in [0.5, 0.6) is 0 Å². The quantitative estimate of drug-likeness (QED) is 0.714. The second-order valence-corrected chi connectivity index (χ2v) is 6.00. The van der Waals surface area contributed by atoms with Gasteiger partial charge < -0.3 is 20.6 Å². The van der Waals surface area contributed by atoms with Crippen molar-refractivity contribution in [2.75, 3.05) is 13.1 Å². The number of nitrogens with one attached hydrogen (secondary N) is 2. The summed E-state index contributed by atoms with van der Waals surface area (Å²) in [4.78, 5) is 36.7. The molecule has 1 saturated carbocycles. The zero-order valence-electron chi connectivity index (χ0n) is 12.4. The van der Waals surface area contributed by atoms with Gasteiger partial charge in [-0.15, -0.1) is 0 Å². The van der Waals surface area contributed by atoms with Gasteiger partial charge in [-0.25, -0.2) is 4.79 Å². The molecule has 1 unspecified atom stereocenters. The third-order valence-electron chi connectivity index (χ3n) is 4.43. The van der Waals surface area contributed by atoms with Crippen LogP contribution in [0.3, 0.4) is 0 Å². The Balaban J connectivity index is 2.06. The van der Waals surface area contributed by atoms with Crippen LogP contribution in [-0.4, -0.2) is 52.6 Å². The topological polar surface area (TPSA) is 98.7 Å². The molecular formula is C14H23N3O4. The van der Waals surface area contributed by atoms with Crippen molar-refractivity contribution in [2.24, 2.45) is 0 Å². The molecule has 0 spiro atoms. The fourth-order valence-corrected chi connectivity index (χ4v) is 3.22. The summed E-state index contributed by atoms with van der Waals surface area (Å²) in [5.74, 6) is -1.08. The van der Waals surface area contributed by atoms with Gasteiger partial charge in [-0.2, -0.15) is 0 Å². The van der Waals surface area contributed by atoms with Crippen LogP contribution in [0.2, 0.25) is 0 Å². The van der Waals surface area contributed by atoms with E-state index < -0.39 is 17.6 Å². The van der Waals surface area contributed by atoms with E-state index in [9.17, 15) is 14.4 Å². The second-order valence-electron chi connectivity index (χ2n) is 6.00. The summed E-state index contributed by atoms with van der Waals surface area (Å²) in [7, 11) is 0. The van der Waals surface area contributed by atoms with Crippen molar-refractivity contribution >= 4 is 17.9 Å². The lowest BCUT2D eigenvalue weighted by atomic mass is 9.79. The average molecular weight is 297 g/mol. The number of urea groups is 1. The zero-order chi connectivity index (χ0) is 15.5. The number of hydrogen-bond donors (Lipinski definition) is 3. The van der Waals surface area contributed by atoms with Crippen molar-refractivity contribution < 1.29 is 19.5 Å². The Hall–Kier alpha value is -1.79. The van der Waals surface area contributed by atoms with Crippen LogP contribution in [0.15, 0.2) is 0 Å². The molecule has 21 heavy (non-hydrogen) atoms. The first-order valence-electron chi connectivity index (χ1n) is 7.52. The summed E-state index contributed by atoms with van der Waals surface area (Å²) in [6, 6.07) is -0.857. The standard InChI is InChI=1S/C14H23N3O4/c1-10-12(20)15-7-8-17(10)13(21)16-14(9-11(18)19)5-3-2-4-6-14/h10H,2-9H2,1H3,(H,15,20)(H,16,21)(H,18,19). The van der Waals surface area contributed by atoms with Crippen LogP contribution < -0.4 is 10.6 Å². The van der Waals surface area contributed by atoms with E-state index in [0.29, 0.717) is 25.9 Å². The third-order valence-corrected chi connectivity index (χ3v) is 4.43. The first-order valence-corrected chi connectivity index (χ1v) is 7.52. The molecule has 2 aliphatic rings. The maximum absolute atomic E-state index is 12.5. The molecule has 1 atom stereocenters. The van der Waals surface area contributed by atoms with Crippen molar-refractivity contribution in [3.63, 3.8) is 0 Å². The number of hydrogen-bond acceptors (Lipinski definition) is 3. The first kappa shape index (κ1) is 15.6. The van der Waals surface area contributed by atoms with Crippen LogP contribution in [0, 0.1) is 0 Å². The molecule has 0 aromatic rings. The highest BCUT2D eigenvalue weighted by Gasteiger charge is 2.38. The number of carbonyl (C=O) groups excluding carboxylic acids is 2. The SMILES string of the molecule is CC1C(=O)NCCN1C(=O)NC1(CC(=O)O)CCCCC1. The second kappa shape index (κ2) is 6.32. The minimum atomic E-state index is -0.901. The fraction of sp³-hybridized carbons (Fsp3) is 0.786. The van der Waals surface area contributed by atoms with E-state index in [1.54, 1.807) is 6.92 Å². The number of nitrogens with zero attached hydrogens (tertiary/aromatic N) is 1. The lowest BCUT2D eigenvalue weighted by Gasteiger charge is -2.40. The van der Waals surface area contributed by atoms with Crippen LogP contribution >= 0.6 is 0 Å². The van der Waals surface area contributed by atoms with E-state index in [1.807, 2.05) is 0 Å². The Kier molecular flexibility index (Phi) is 4.69. The lowest BCUT2D eigenvalue weighted by Crippen LogP contribution is -2.62. The summed E-state index contributed by atoms with van der Waals surface area (Å²) >= 11 is 0. The summed E-state index contributed by atoms with van der Waals surface area (Å²) in [5.41, 5.74) is -0.672. The molecule has 2 rings (SSSR count). The number of carboxylic acids is 1. The highest BCUT2D eigenvalue weighted by Crippen LogP contribution is 2.31. The Morgan fingerprint density at radius 1 is 1.38 bits per heavy atom. The number of rotatable bonds is 3. The molecule has 1 heterocycles. The van der Waals surface area contributed by atoms with Gasteiger partial charge in [0.15, 0.2) is 0 Å². The van der Waals surface area contributed by atoms with Gasteiger partial charge in [-0.05, 0) is 19.8 Å². The van der Waals surface area contributed by atoms with Crippen molar-refractivity contribution in [3.8, 4) is 0 Å². The lowest BCUT2D eigenvalue weighted by molar-refractivity contribution is -0.139. The maximum atomic E-state index is 12.5. The molecule has 3 N–H and O–H groups in total. The average Bonchev–Trinajstić information content (AvgIpc) is 2.41. The number of aliphatic carboxylic acids is 1. The molecule has 118 valence electrons. The molecule has 3 amide bonds. The molecule has 1 saturated heterocycles. The van der Waals surface area contributed by atoms with E-state index in [1.165, 1.54) is 4.90 Å². The van der Waals surface area contributed by atoms with Gasteiger partial charge in [0, 0.05) is 13.1 Å². The van der Waals surface area contributed by atoms with Gasteiger partial charge in [0.1, 0.15) is 6.04 Å². The highest BCUT2D eigenvalue weighted by molar-refractivity contribution is 5.88. The zero-order valence-corrected chi connectivity index (χ0v) is 12.4. The predicted octanol–water partition coefficient (Wildman–Crippen LogP) is 0.694. The molecular weight excluding hydrogens is 274 g/mol. The minimum absolute atomic E-state index is 0.0623. The molecule has 0 aromatic carbocycles. The van der Waals surface area contributed by atoms with Gasteiger partial charge in [-0.1, -0.05) is 19.3 Å². The first-order chi connectivity index (χ1) is 9.93. The molecule has 1 aliphatic carbocycles. The van der Waals surface area contributed by atoms with Gasteiger partial charge in [-0.3, -0.25) is 9.59 Å². The Bertz CT molecular complexity index is 432. The van der Waals surface area contributed by atoms with E-state index in [2.05, 4.69) is 10.6 Å². The Morgan fingerprint density at radius 3 is 2.67 bits per heavy atom.